The third kappa shape index (κ3) is 5.63. The number of nitrogens with zero attached hydrogens (tertiary/aromatic N) is 1. The SMILES string of the molecule is CCN(CCNC(=O)c1ccccc1O)C(=O)OC(C)(C)C. The molecule has 0 spiro atoms. The van der Waals surface area contributed by atoms with E-state index in [2.05, 4.69) is 5.32 Å². The van der Waals surface area contributed by atoms with E-state index in [0.717, 1.165) is 0 Å². The summed E-state index contributed by atoms with van der Waals surface area (Å²) in [5.41, 5.74) is -0.341. The third-order valence-corrected chi connectivity index (χ3v) is 2.85. The number of hydrogen-bond acceptors (Lipinski definition) is 4. The van der Waals surface area contributed by atoms with Crippen molar-refractivity contribution < 1.29 is 19.4 Å². The van der Waals surface area contributed by atoms with Gasteiger partial charge in [0.25, 0.3) is 5.91 Å². The first kappa shape index (κ1) is 17.8. The van der Waals surface area contributed by atoms with Gasteiger partial charge in [0.1, 0.15) is 11.4 Å². The van der Waals surface area contributed by atoms with Gasteiger partial charge in [-0.15, -0.1) is 0 Å². The minimum Gasteiger partial charge on any atom is -0.507 e. The number of nitrogens with one attached hydrogen (secondary N) is 1. The van der Waals surface area contributed by atoms with Crippen LogP contribution in [0, 0.1) is 0 Å². The third-order valence-electron chi connectivity index (χ3n) is 2.85. The molecule has 0 heterocycles. The van der Waals surface area contributed by atoms with Crippen molar-refractivity contribution in [2.24, 2.45) is 0 Å². The minimum absolute atomic E-state index is 0.0699. The van der Waals surface area contributed by atoms with Crippen LogP contribution in [0.1, 0.15) is 38.1 Å². The van der Waals surface area contributed by atoms with E-state index < -0.39 is 11.7 Å². The van der Waals surface area contributed by atoms with Gasteiger partial charge in [-0.3, -0.25) is 4.79 Å². The summed E-state index contributed by atoms with van der Waals surface area (Å²) in [6, 6.07) is 6.31. The first-order chi connectivity index (χ1) is 10.2. The Labute approximate surface area is 131 Å². The molecule has 2 amide bonds. The summed E-state index contributed by atoms with van der Waals surface area (Å²) in [5.74, 6) is -0.446. The lowest BCUT2D eigenvalue weighted by atomic mass is 10.2. The lowest BCUT2D eigenvalue weighted by Gasteiger charge is -2.26. The van der Waals surface area contributed by atoms with Crippen LogP contribution in [0.5, 0.6) is 5.75 Å². The van der Waals surface area contributed by atoms with E-state index in [1.54, 1.807) is 32.9 Å². The zero-order valence-corrected chi connectivity index (χ0v) is 13.5. The van der Waals surface area contributed by atoms with Crippen molar-refractivity contribution in [3.63, 3.8) is 0 Å². The molecule has 6 nitrogen and oxygen atoms in total. The molecule has 0 aliphatic heterocycles. The number of benzene rings is 1. The minimum atomic E-state index is -0.552. The van der Waals surface area contributed by atoms with Crippen LogP contribution in [0.25, 0.3) is 0 Å². The first-order valence-corrected chi connectivity index (χ1v) is 7.28. The molecule has 0 saturated carbocycles. The topological polar surface area (TPSA) is 78.9 Å². The molecule has 1 aromatic carbocycles. The summed E-state index contributed by atoms with van der Waals surface area (Å²) in [6.07, 6.45) is -0.410. The fraction of sp³-hybridized carbons (Fsp3) is 0.500. The van der Waals surface area contributed by atoms with Gasteiger partial charge in [-0.05, 0) is 39.8 Å². The Kier molecular flexibility index (Phi) is 6.22. The molecule has 2 N–H and O–H groups in total. The summed E-state index contributed by atoms with van der Waals surface area (Å²) in [6.45, 7) is 8.36. The molecule has 0 fully saturated rings. The highest BCUT2D eigenvalue weighted by Gasteiger charge is 2.21. The van der Waals surface area contributed by atoms with E-state index in [0.29, 0.717) is 13.1 Å². The van der Waals surface area contributed by atoms with Crippen LogP contribution in [0.2, 0.25) is 0 Å². The zero-order valence-electron chi connectivity index (χ0n) is 13.5. The van der Waals surface area contributed by atoms with Crippen LogP contribution in [-0.4, -0.2) is 47.2 Å². The number of likely N-dealkylation sites (N-methyl/N-ethyl adjacent to an activating group) is 1. The van der Waals surface area contributed by atoms with Gasteiger partial charge in [0.2, 0.25) is 0 Å². The molecule has 0 aromatic heterocycles. The molecular formula is C16H24N2O4. The average molecular weight is 308 g/mol. The molecule has 22 heavy (non-hydrogen) atoms. The molecule has 0 atom stereocenters. The maximum absolute atomic E-state index is 11.9. The number of ether oxygens (including phenoxy) is 1. The van der Waals surface area contributed by atoms with Crippen molar-refractivity contribution in [1.82, 2.24) is 10.2 Å². The van der Waals surface area contributed by atoms with Gasteiger partial charge in [0.15, 0.2) is 0 Å². The summed E-state index contributed by atoms with van der Waals surface area (Å²) in [4.78, 5) is 25.4. The molecule has 0 aliphatic rings. The normalized spacial score (nSPS) is 10.9. The summed E-state index contributed by atoms with van der Waals surface area (Å²) >= 11 is 0. The van der Waals surface area contributed by atoms with Gasteiger partial charge in [0, 0.05) is 19.6 Å². The number of phenolic OH excluding ortho intramolecular Hbond substituents is 1. The van der Waals surface area contributed by atoms with Crippen molar-refractivity contribution in [2.75, 3.05) is 19.6 Å². The molecule has 0 unspecified atom stereocenters. The van der Waals surface area contributed by atoms with Crippen molar-refractivity contribution in [3.8, 4) is 5.75 Å². The molecule has 1 rings (SSSR count). The molecular weight excluding hydrogens is 284 g/mol. The fourth-order valence-electron chi connectivity index (χ4n) is 1.77. The molecule has 6 heteroatoms. The van der Waals surface area contributed by atoms with E-state index in [1.807, 2.05) is 6.92 Å². The standard InChI is InChI=1S/C16H24N2O4/c1-5-18(15(21)22-16(2,3)4)11-10-17-14(20)12-8-6-7-9-13(12)19/h6-9,19H,5,10-11H2,1-4H3,(H,17,20). The van der Waals surface area contributed by atoms with E-state index in [-0.39, 0.29) is 23.8 Å². The lowest BCUT2D eigenvalue weighted by Crippen LogP contribution is -2.41. The molecule has 0 aliphatic carbocycles. The smallest absolute Gasteiger partial charge is 0.410 e. The van der Waals surface area contributed by atoms with Crippen LogP contribution in [-0.2, 0) is 4.74 Å². The Balaban J connectivity index is 2.49. The van der Waals surface area contributed by atoms with Gasteiger partial charge >= 0.3 is 6.09 Å². The van der Waals surface area contributed by atoms with Crippen molar-refractivity contribution in [2.45, 2.75) is 33.3 Å². The number of phenols is 1. The Bertz CT molecular complexity index is 523. The van der Waals surface area contributed by atoms with Crippen LogP contribution in [0.15, 0.2) is 24.3 Å². The molecule has 1 aromatic rings. The van der Waals surface area contributed by atoms with E-state index in [1.165, 1.54) is 17.0 Å². The van der Waals surface area contributed by atoms with Crippen molar-refractivity contribution in [3.05, 3.63) is 29.8 Å². The van der Waals surface area contributed by atoms with Crippen molar-refractivity contribution in [1.29, 1.82) is 0 Å². The highest BCUT2D eigenvalue weighted by atomic mass is 16.6. The fourth-order valence-corrected chi connectivity index (χ4v) is 1.77. The van der Waals surface area contributed by atoms with Crippen LogP contribution >= 0.6 is 0 Å². The number of amides is 2. The lowest BCUT2D eigenvalue weighted by molar-refractivity contribution is 0.0260. The predicted octanol–water partition coefficient (Wildman–Crippen LogP) is 2.38. The maximum Gasteiger partial charge on any atom is 0.410 e. The van der Waals surface area contributed by atoms with Crippen LogP contribution in [0.3, 0.4) is 0 Å². The number of rotatable bonds is 5. The number of aromatic hydroxyl groups is 1. The van der Waals surface area contributed by atoms with Gasteiger partial charge in [-0.1, -0.05) is 12.1 Å². The second-order valence-corrected chi connectivity index (χ2v) is 5.83. The Morgan fingerprint density at radius 1 is 1.27 bits per heavy atom. The first-order valence-electron chi connectivity index (χ1n) is 7.28. The highest BCUT2D eigenvalue weighted by molar-refractivity contribution is 5.96. The Morgan fingerprint density at radius 2 is 1.91 bits per heavy atom. The zero-order chi connectivity index (χ0) is 16.8. The summed E-state index contributed by atoms with van der Waals surface area (Å²) in [7, 11) is 0. The number of hydrogen-bond donors (Lipinski definition) is 2. The van der Waals surface area contributed by atoms with Gasteiger partial charge < -0.3 is 20.1 Å². The molecule has 122 valence electrons. The molecule has 0 bridgehead atoms. The quantitative estimate of drug-likeness (QED) is 0.875. The second kappa shape index (κ2) is 7.68. The Hall–Kier alpha value is -2.24. The van der Waals surface area contributed by atoms with Crippen molar-refractivity contribution >= 4 is 12.0 Å². The highest BCUT2D eigenvalue weighted by Crippen LogP contribution is 2.15. The van der Waals surface area contributed by atoms with Gasteiger partial charge in [-0.2, -0.15) is 0 Å². The summed E-state index contributed by atoms with van der Waals surface area (Å²) in [5, 5.41) is 12.3. The van der Waals surface area contributed by atoms with Crippen LogP contribution < -0.4 is 5.32 Å². The monoisotopic (exact) mass is 308 g/mol. The molecule has 0 radical (unpaired) electrons. The predicted molar refractivity (Wildman–Crippen MR) is 83.9 cm³/mol. The van der Waals surface area contributed by atoms with Gasteiger partial charge in [-0.25, -0.2) is 4.79 Å². The average Bonchev–Trinajstić information content (AvgIpc) is 2.41. The van der Waals surface area contributed by atoms with E-state index in [9.17, 15) is 14.7 Å². The maximum atomic E-state index is 11.9. The largest absolute Gasteiger partial charge is 0.507 e. The summed E-state index contributed by atoms with van der Waals surface area (Å²) < 4.78 is 5.29. The second-order valence-electron chi connectivity index (χ2n) is 5.83. The molecule has 0 saturated heterocycles. The van der Waals surface area contributed by atoms with Crippen LogP contribution in [0.4, 0.5) is 4.79 Å². The number of carbonyl (C=O) groups excluding carboxylic acids is 2. The number of para-hydroxylation sites is 1. The van der Waals surface area contributed by atoms with E-state index >= 15 is 0 Å². The number of carbonyl (C=O) groups is 2. The Morgan fingerprint density at radius 3 is 2.45 bits per heavy atom. The van der Waals surface area contributed by atoms with E-state index in [4.69, 9.17) is 4.74 Å². The van der Waals surface area contributed by atoms with Gasteiger partial charge in [0.05, 0.1) is 5.56 Å².